The summed E-state index contributed by atoms with van der Waals surface area (Å²) in [6, 6.07) is 10.3. The maximum atomic E-state index is 12.9. The number of anilines is 2. The molecule has 25 heavy (non-hydrogen) atoms. The van der Waals surface area contributed by atoms with Gasteiger partial charge in [-0.2, -0.15) is 0 Å². The van der Waals surface area contributed by atoms with E-state index in [1.165, 1.54) is 5.56 Å². The number of piperazine rings is 1. The number of hydrogen-bond donors (Lipinski definition) is 0. The number of carbonyl (C=O) groups is 1. The minimum atomic E-state index is 0.196. The predicted molar refractivity (Wildman–Crippen MR) is 97.8 cm³/mol. The van der Waals surface area contributed by atoms with E-state index in [4.69, 9.17) is 0 Å². The molecule has 2 aliphatic heterocycles. The Kier molecular flexibility index (Phi) is 4.36. The molecule has 0 aliphatic carbocycles. The van der Waals surface area contributed by atoms with Crippen molar-refractivity contribution in [3.63, 3.8) is 0 Å². The zero-order valence-electron chi connectivity index (χ0n) is 14.5. The molecule has 2 aliphatic rings. The Morgan fingerprint density at radius 1 is 1.08 bits per heavy atom. The van der Waals surface area contributed by atoms with Crippen molar-refractivity contribution in [1.29, 1.82) is 0 Å². The minimum absolute atomic E-state index is 0.196. The van der Waals surface area contributed by atoms with E-state index in [9.17, 15) is 4.79 Å². The van der Waals surface area contributed by atoms with Crippen LogP contribution in [0, 0.1) is 0 Å². The van der Waals surface area contributed by atoms with Gasteiger partial charge in [0.2, 0.25) is 11.9 Å². The van der Waals surface area contributed by atoms with E-state index >= 15 is 0 Å². The van der Waals surface area contributed by atoms with Gasteiger partial charge in [0.05, 0.1) is 6.54 Å². The van der Waals surface area contributed by atoms with Crippen LogP contribution in [0.5, 0.6) is 0 Å². The highest BCUT2D eigenvalue weighted by molar-refractivity contribution is 5.97. The van der Waals surface area contributed by atoms with Crippen LogP contribution >= 0.6 is 0 Å². The van der Waals surface area contributed by atoms with Crippen molar-refractivity contribution in [3.8, 4) is 0 Å². The van der Waals surface area contributed by atoms with Crippen LogP contribution in [0.25, 0.3) is 0 Å². The van der Waals surface area contributed by atoms with Gasteiger partial charge in [0.25, 0.3) is 0 Å². The summed E-state index contributed by atoms with van der Waals surface area (Å²) in [7, 11) is 0. The number of benzene rings is 1. The van der Waals surface area contributed by atoms with E-state index < -0.39 is 0 Å². The standard InChI is InChI=1S/C19H23N5O/c1-15-13-16-5-2-3-6-17(16)24(15)18(25)14-22-9-11-23(12-10-22)19-20-7-4-8-21-19/h2-8,15H,9-14H2,1H3/t15-/m1/s1. The molecule has 0 bridgehead atoms. The molecule has 0 unspecified atom stereocenters. The summed E-state index contributed by atoms with van der Waals surface area (Å²) in [6.45, 7) is 6.01. The molecule has 0 spiro atoms. The van der Waals surface area contributed by atoms with Gasteiger partial charge < -0.3 is 9.80 Å². The highest BCUT2D eigenvalue weighted by atomic mass is 16.2. The summed E-state index contributed by atoms with van der Waals surface area (Å²) < 4.78 is 0. The van der Waals surface area contributed by atoms with Crippen molar-refractivity contribution in [2.24, 2.45) is 0 Å². The maximum Gasteiger partial charge on any atom is 0.241 e. The lowest BCUT2D eigenvalue weighted by Gasteiger charge is -2.35. The molecule has 6 nitrogen and oxygen atoms in total. The molecule has 0 N–H and O–H groups in total. The lowest BCUT2D eigenvalue weighted by Crippen LogP contribution is -2.51. The first-order chi connectivity index (χ1) is 12.2. The fraction of sp³-hybridized carbons (Fsp3) is 0.421. The molecule has 1 amide bonds. The second-order valence-corrected chi connectivity index (χ2v) is 6.76. The SMILES string of the molecule is C[C@@H]1Cc2ccccc2N1C(=O)CN1CCN(c2ncccn2)CC1. The fourth-order valence-electron chi connectivity index (χ4n) is 3.77. The quantitative estimate of drug-likeness (QED) is 0.851. The van der Waals surface area contributed by atoms with Crippen LogP contribution in [0.3, 0.4) is 0 Å². The van der Waals surface area contributed by atoms with Crippen molar-refractivity contribution in [1.82, 2.24) is 14.9 Å². The van der Waals surface area contributed by atoms with Gasteiger partial charge in [-0.25, -0.2) is 9.97 Å². The molecule has 2 aromatic rings. The lowest BCUT2D eigenvalue weighted by atomic mass is 10.1. The Morgan fingerprint density at radius 2 is 1.80 bits per heavy atom. The number of nitrogens with zero attached hydrogens (tertiary/aromatic N) is 5. The van der Waals surface area contributed by atoms with E-state index in [1.54, 1.807) is 12.4 Å². The summed E-state index contributed by atoms with van der Waals surface area (Å²) in [5, 5.41) is 0. The molecule has 1 atom stereocenters. The number of para-hydroxylation sites is 1. The Hall–Kier alpha value is -2.47. The fourth-order valence-corrected chi connectivity index (χ4v) is 3.77. The number of hydrogen-bond acceptors (Lipinski definition) is 5. The molecular formula is C19H23N5O. The van der Waals surface area contributed by atoms with Crippen molar-refractivity contribution >= 4 is 17.5 Å². The third-order valence-electron chi connectivity index (χ3n) is 5.04. The van der Waals surface area contributed by atoms with Gasteiger partial charge in [0.15, 0.2) is 0 Å². The topological polar surface area (TPSA) is 52.6 Å². The molecule has 1 aromatic carbocycles. The molecule has 4 rings (SSSR count). The van der Waals surface area contributed by atoms with E-state index in [0.717, 1.165) is 44.2 Å². The van der Waals surface area contributed by atoms with Crippen LogP contribution in [0.15, 0.2) is 42.7 Å². The predicted octanol–water partition coefficient (Wildman–Crippen LogP) is 1.58. The number of fused-ring (bicyclic) bond motifs is 1. The minimum Gasteiger partial charge on any atom is -0.338 e. The van der Waals surface area contributed by atoms with Crippen LogP contribution in [0.1, 0.15) is 12.5 Å². The largest absolute Gasteiger partial charge is 0.338 e. The van der Waals surface area contributed by atoms with Crippen molar-refractivity contribution in [2.45, 2.75) is 19.4 Å². The van der Waals surface area contributed by atoms with Crippen molar-refractivity contribution < 1.29 is 4.79 Å². The van der Waals surface area contributed by atoms with E-state index in [0.29, 0.717) is 6.54 Å². The summed E-state index contributed by atoms with van der Waals surface area (Å²) in [5.41, 5.74) is 2.35. The zero-order valence-corrected chi connectivity index (χ0v) is 14.5. The third kappa shape index (κ3) is 3.22. The first-order valence-electron chi connectivity index (χ1n) is 8.86. The second kappa shape index (κ2) is 6.80. The van der Waals surface area contributed by atoms with Crippen LogP contribution in [0.2, 0.25) is 0 Å². The monoisotopic (exact) mass is 337 g/mol. The Bertz CT molecular complexity index is 742. The summed E-state index contributed by atoms with van der Waals surface area (Å²) in [5.74, 6) is 0.970. The van der Waals surface area contributed by atoms with Gasteiger partial charge in [-0.05, 0) is 31.0 Å². The summed E-state index contributed by atoms with van der Waals surface area (Å²) >= 11 is 0. The van der Waals surface area contributed by atoms with Gasteiger partial charge in [0.1, 0.15) is 0 Å². The van der Waals surface area contributed by atoms with Gasteiger partial charge >= 0.3 is 0 Å². The molecule has 3 heterocycles. The molecular weight excluding hydrogens is 314 g/mol. The first kappa shape index (κ1) is 16.0. The average Bonchev–Trinajstić information content (AvgIpc) is 2.99. The highest BCUT2D eigenvalue weighted by Gasteiger charge is 2.31. The van der Waals surface area contributed by atoms with Gasteiger partial charge in [-0.15, -0.1) is 0 Å². The van der Waals surface area contributed by atoms with Gasteiger partial charge in [-0.1, -0.05) is 18.2 Å². The summed E-state index contributed by atoms with van der Waals surface area (Å²) in [4.78, 5) is 27.9. The van der Waals surface area contributed by atoms with E-state index in [1.807, 2.05) is 23.1 Å². The first-order valence-corrected chi connectivity index (χ1v) is 8.86. The van der Waals surface area contributed by atoms with Crippen LogP contribution in [-0.2, 0) is 11.2 Å². The van der Waals surface area contributed by atoms with Crippen LogP contribution < -0.4 is 9.80 Å². The normalized spacial score (nSPS) is 20.6. The highest BCUT2D eigenvalue weighted by Crippen LogP contribution is 2.31. The Morgan fingerprint density at radius 3 is 2.56 bits per heavy atom. The third-order valence-corrected chi connectivity index (χ3v) is 5.04. The maximum absolute atomic E-state index is 12.9. The summed E-state index contributed by atoms with van der Waals surface area (Å²) in [6.07, 6.45) is 4.48. The smallest absolute Gasteiger partial charge is 0.241 e. The van der Waals surface area contributed by atoms with Crippen molar-refractivity contribution in [3.05, 3.63) is 48.3 Å². The second-order valence-electron chi connectivity index (χ2n) is 6.76. The average molecular weight is 337 g/mol. The molecule has 0 saturated carbocycles. The van der Waals surface area contributed by atoms with Crippen molar-refractivity contribution in [2.75, 3.05) is 42.5 Å². The lowest BCUT2D eigenvalue weighted by molar-refractivity contribution is -0.120. The van der Waals surface area contributed by atoms with Gasteiger partial charge in [0, 0.05) is 50.3 Å². The molecule has 1 fully saturated rings. The van der Waals surface area contributed by atoms with E-state index in [2.05, 4.69) is 38.8 Å². The van der Waals surface area contributed by atoms with Crippen LogP contribution in [-0.4, -0.2) is 59.5 Å². The number of amides is 1. The molecule has 1 aromatic heterocycles. The van der Waals surface area contributed by atoms with E-state index in [-0.39, 0.29) is 11.9 Å². The Labute approximate surface area is 148 Å². The number of carbonyl (C=O) groups excluding carboxylic acids is 1. The molecule has 130 valence electrons. The zero-order chi connectivity index (χ0) is 17.2. The molecule has 1 saturated heterocycles. The number of rotatable bonds is 3. The molecule has 0 radical (unpaired) electrons. The number of aromatic nitrogens is 2. The Balaban J connectivity index is 1.37. The van der Waals surface area contributed by atoms with Gasteiger partial charge in [-0.3, -0.25) is 9.69 Å². The van der Waals surface area contributed by atoms with Crippen LogP contribution in [0.4, 0.5) is 11.6 Å². The molecule has 6 heteroatoms.